The number of carbonyl (C=O) groups is 2. The molecular weight excluding hydrogens is 306 g/mol. The molecule has 1 aromatic rings. The normalized spacial score (nSPS) is 18.4. The summed E-state index contributed by atoms with van der Waals surface area (Å²) in [5.41, 5.74) is 0.376. The molecule has 1 saturated heterocycles. The zero-order valence-corrected chi connectivity index (χ0v) is 13.2. The van der Waals surface area contributed by atoms with E-state index in [1.54, 1.807) is 6.92 Å². The summed E-state index contributed by atoms with van der Waals surface area (Å²) in [6.45, 7) is 2.40. The molecule has 0 bridgehead atoms. The van der Waals surface area contributed by atoms with Crippen LogP contribution in [0, 0.1) is 5.92 Å². The van der Waals surface area contributed by atoms with Crippen molar-refractivity contribution in [1.82, 2.24) is 4.90 Å². The van der Waals surface area contributed by atoms with Crippen LogP contribution in [0.15, 0.2) is 29.2 Å². The molecule has 1 aliphatic rings. The second kappa shape index (κ2) is 6.48. The lowest BCUT2D eigenvalue weighted by molar-refractivity contribution is -0.141. The number of hydrogen-bond acceptors (Lipinski definition) is 4. The molecule has 0 spiro atoms. The van der Waals surface area contributed by atoms with Crippen LogP contribution >= 0.6 is 0 Å². The maximum atomic E-state index is 12.3. The molecule has 2 rings (SSSR count). The van der Waals surface area contributed by atoms with E-state index in [1.807, 2.05) is 0 Å². The highest BCUT2D eigenvalue weighted by atomic mass is 32.2. The van der Waals surface area contributed by atoms with Crippen LogP contribution in [0.2, 0.25) is 0 Å². The second-order valence-electron chi connectivity index (χ2n) is 5.42. The molecule has 1 N–H and O–H groups in total. The zero-order valence-electron chi connectivity index (χ0n) is 12.4. The van der Waals surface area contributed by atoms with Crippen molar-refractivity contribution in [2.24, 2.45) is 5.92 Å². The molecule has 1 unspecified atom stereocenters. The van der Waals surface area contributed by atoms with Crippen molar-refractivity contribution in [1.29, 1.82) is 0 Å². The monoisotopic (exact) mass is 325 g/mol. The standard InChI is InChI=1S/C15H19NO5S/c1-2-9-22(20,21)13-5-3-11(4-6-13)14(17)16-8-7-12(10-16)15(18)19/h3-6,12H,2,7-10H2,1H3,(H,18,19). The molecule has 1 fully saturated rings. The van der Waals surface area contributed by atoms with E-state index < -0.39 is 21.7 Å². The highest BCUT2D eigenvalue weighted by Crippen LogP contribution is 2.20. The molecule has 0 radical (unpaired) electrons. The van der Waals surface area contributed by atoms with Crippen molar-refractivity contribution in [3.8, 4) is 0 Å². The smallest absolute Gasteiger partial charge is 0.308 e. The van der Waals surface area contributed by atoms with Crippen molar-refractivity contribution < 1.29 is 23.1 Å². The molecule has 0 aromatic heterocycles. The number of benzene rings is 1. The second-order valence-corrected chi connectivity index (χ2v) is 7.53. The molecule has 1 heterocycles. The van der Waals surface area contributed by atoms with Gasteiger partial charge in [-0.1, -0.05) is 6.92 Å². The van der Waals surface area contributed by atoms with Crippen LogP contribution in [0.1, 0.15) is 30.1 Å². The summed E-state index contributed by atoms with van der Waals surface area (Å²) in [6, 6.07) is 5.84. The fourth-order valence-electron chi connectivity index (χ4n) is 2.52. The third-order valence-electron chi connectivity index (χ3n) is 3.76. The predicted molar refractivity (Wildman–Crippen MR) is 80.4 cm³/mol. The summed E-state index contributed by atoms with van der Waals surface area (Å²) in [5, 5.41) is 8.96. The van der Waals surface area contributed by atoms with Crippen molar-refractivity contribution in [2.45, 2.75) is 24.7 Å². The van der Waals surface area contributed by atoms with Gasteiger partial charge in [-0.05, 0) is 37.1 Å². The van der Waals surface area contributed by atoms with E-state index in [4.69, 9.17) is 5.11 Å². The molecule has 0 saturated carbocycles. The number of aliphatic carboxylic acids is 1. The summed E-state index contributed by atoms with van der Waals surface area (Å²) in [7, 11) is -3.29. The molecule has 7 heteroatoms. The first-order valence-corrected chi connectivity index (χ1v) is 8.85. The van der Waals surface area contributed by atoms with Gasteiger partial charge in [-0.2, -0.15) is 0 Å². The minimum absolute atomic E-state index is 0.0761. The molecule has 1 atom stereocenters. The summed E-state index contributed by atoms with van der Waals surface area (Å²) in [6.07, 6.45) is 0.984. The molecule has 120 valence electrons. The number of rotatable bonds is 5. The van der Waals surface area contributed by atoms with Crippen molar-refractivity contribution in [3.05, 3.63) is 29.8 Å². The van der Waals surface area contributed by atoms with Gasteiger partial charge in [-0.15, -0.1) is 0 Å². The number of carbonyl (C=O) groups excluding carboxylic acids is 1. The summed E-state index contributed by atoms with van der Waals surface area (Å²) in [5.74, 6) is -1.60. The van der Waals surface area contributed by atoms with Crippen LogP contribution in [0.4, 0.5) is 0 Å². The lowest BCUT2D eigenvalue weighted by Crippen LogP contribution is -2.29. The first kappa shape index (κ1) is 16.5. The van der Waals surface area contributed by atoms with E-state index >= 15 is 0 Å². The zero-order chi connectivity index (χ0) is 16.3. The SMILES string of the molecule is CCCS(=O)(=O)c1ccc(C(=O)N2CCC(C(=O)O)C2)cc1. The molecule has 1 aliphatic heterocycles. The van der Waals surface area contributed by atoms with Crippen LogP contribution in [0.3, 0.4) is 0 Å². The van der Waals surface area contributed by atoms with E-state index in [0.29, 0.717) is 24.9 Å². The summed E-state index contributed by atoms with van der Waals surface area (Å²) in [4.78, 5) is 24.9. The van der Waals surface area contributed by atoms with Gasteiger partial charge in [-0.25, -0.2) is 8.42 Å². The van der Waals surface area contributed by atoms with E-state index in [2.05, 4.69) is 0 Å². The van der Waals surface area contributed by atoms with Gasteiger partial charge in [0, 0.05) is 18.7 Å². The Morgan fingerprint density at radius 3 is 2.41 bits per heavy atom. The van der Waals surface area contributed by atoms with Gasteiger partial charge in [0.1, 0.15) is 0 Å². The van der Waals surface area contributed by atoms with Crippen molar-refractivity contribution in [2.75, 3.05) is 18.8 Å². The van der Waals surface area contributed by atoms with Crippen LogP contribution in [0.5, 0.6) is 0 Å². The highest BCUT2D eigenvalue weighted by Gasteiger charge is 2.31. The van der Waals surface area contributed by atoms with Crippen molar-refractivity contribution >= 4 is 21.7 Å². The third-order valence-corrected chi connectivity index (χ3v) is 5.69. The Hall–Kier alpha value is -1.89. The number of sulfone groups is 1. The van der Waals surface area contributed by atoms with Gasteiger partial charge < -0.3 is 10.0 Å². The Balaban J connectivity index is 2.11. The van der Waals surface area contributed by atoms with Crippen LogP contribution in [0.25, 0.3) is 0 Å². The Bertz CT molecular complexity index is 666. The maximum Gasteiger partial charge on any atom is 0.308 e. The Morgan fingerprint density at radius 2 is 1.91 bits per heavy atom. The quantitative estimate of drug-likeness (QED) is 0.884. The first-order chi connectivity index (χ1) is 10.3. The van der Waals surface area contributed by atoms with Gasteiger partial charge in [0.2, 0.25) is 0 Å². The van der Waals surface area contributed by atoms with Gasteiger partial charge in [0.05, 0.1) is 16.6 Å². The lowest BCUT2D eigenvalue weighted by atomic mass is 10.1. The van der Waals surface area contributed by atoms with Gasteiger partial charge in [-0.3, -0.25) is 9.59 Å². The van der Waals surface area contributed by atoms with E-state index in [1.165, 1.54) is 29.2 Å². The number of amides is 1. The van der Waals surface area contributed by atoms with Crippen LogP contribution < -0.4 is 0 Å². The number of carboxylic acids is 1. The molecule has 22 heavy (non-hydrogen) atoms. The fraction of sp³-hybridized carbons (Fsp3) is 0.467. The average molecular weight is 325 g/mol. The molecule has 1 amide bonds. The first-order valence-electron chi connectivity index (χ1n) is 7.20. The van der Waals surface area contributed by atoms with Crippen LogP contribution in [-0.2, 0) is 14.6 Å². The van der Waals surface area contributed by atoms with E-state index in [9.17, 15) is 18.0 Å². The number of likely N-dealkylation sites (tertiary alicyclic amines) is 1. The van der Waals surface area contributed by atoms with E-state index in [-0.39, 0.29) is 23.1 Å². The fourth-order valence-corrected chi connectivity index (χ4v) is 3.84. The number of hydrogen-bond donors (Lipinski definition) is 1. The third kappa shape index (κ3) is 3.47. The number of carboxylic acid groups (broad SMARTS) is 1. The summed E-state index contributed by atoms with van der Waals surface area (Å²) < 4.78 is 23.9. The molecule has 6 nitrogen and oxygen atoms in total. The molecule has 0 aliphatic carbocycles. The van der Waals surface area contributed by atoms with Gasteiger partial charge in [0.25, 0.3) is 5.91 Å². The topological polar surface area (TPSA) is 91.8 Å². The molecule has 1 aromatic carbocycles. The maximum absolute atomic E-state index is 12.3. The Kier molecular flexibility index (Phi) is 4.85. The molecular formula is C15H19NO5S. The van der Waals surface area contributed by atoms with E-state index in [0.717, 1.165) is 0 Å². The average Bonchev–Trinajstić information content (AvgIpc) is 2.96. The van der Waals surface area contributed by atoms with Crippen molar-refractivity contribution in [3.63, 3.8) is 0 Å². The lowest BCUT2D eigenvalue weighted by Gasteiger charge is -2.16. The Morgan fingerprint density at radius 1 is 1.27 bits per heavy atom. The highest BCUT2D eigenvalue weighted by molar-refractivity contribution is 7.91. The largest absolute Gasteiger partial charge is 0.481 e. The Labute approximate surface area is 129 Å². The minimum atomic E-state index is -3.29. The predicted octanol–water partition coefficient (Wildman–Crippen LogP) is 1.42. The summed E-state index contributed by atoms with van der Waals surface area (Å²) >= 11 is 0. The van der Waals surface area contributed by atoms with Gasteiger partial charge >= 0.3 is 5.97 Å². The number of nitrogens with zero attached hydrogens (tertiary/aromatic N) is 1. The minimum Gasteiger partial charge on any atom is -0.481 e. The van der Waals surface area contributed by atoms with Crippen LogP contribution in [-0.4, -0.2) is 49.1 Å². The van der Waals surface area contributed by atoms with Gasteiger partial charge in [0.15, 0.2) is 9.84 Å².